The Balaban J connectivity index is 1.61. The van der Waals surface area contributed by atoms with Crippen molar-refractivity contribution in [2.45, 2.75) is 18.4 Å². The molecule has 38 heavy (non-hydrogen) atoms. The molecule has 2 atom stereocenters. The summed E-state index contributed by atoms with van der Waals surface area (Å²) in [5.74, 6) is -0.287. The first-order valence-electron chi connectivity index (χ1n) is 12.3. The van der Waals surface area contributed by atoms with Gasteiger partial charge in [0.25, 0.3) is 5.91 Å². The molecule has 4 bridgehead atoms. The van der Waals surface area contributed by atoms with Crippen molar-refractivity contribution < 1.29 is 23.4 Å². The fourth-order valence-corrected chi connectivity index (χ4v) is 5.06. The van der Waals surface area contributed by atoms with Gasteiger partial charge in [0, 0.05) is 43.1 Å². The molecule has 3 aromatic heterocycles. The Kier molecular flexibility index (Phi) is 6.16. The van der Waals surface area contributed by atoms with Gasteiger partial charge in [-0.25, -0.2) is 9.37 Å². The molecule has 1 amide bonds. The predicted molar refractivity (Wildman–Crippen MR) is 141 cm³/mol. The number of nitrogens with one attached hydrogen (secondary N) is 3. The first-order chi connectivity index (χ1) is 18.6. The van der Waals surface area contributed by atoms with Crippen LogP contribution in [0.25, 0.3) is 22.3 Å². The van der Waals surface area contributed by atoms with Gasteiger partial charge in [-0.2, -0.15) is 0 Å². The number of nitrogens with zero attached hydrogens (tertiary/aromatic N) is 2. The lowest BCUT2D eigenvalue weighted by molar-refractivity contribution is 0.0940. The van der Waals surface area contributed by atoms with Crippen LogP contribution in [-0.4, -0.2) is 54.3 Å². The van der Waals surface area contributed by atoms with Crippen molar-refractivity contribution >= 4 is 28.3 Å². The summed E-state index contributed by atoms with van der Waals surface area (Å²) in [6.45, 7) is 0.824. The van der Waals surface area contributed by atoms with Crippen LogP contribution in [0.5, 0.6) is 11.6 Å². The summed E-state index contributed by atoms with van der Waals surface area (Å²) in [6.07, 6.45) is 5.99. The number of hydrogen-bond acceptors (Lipinski definition) is 7. The van der Waals surface area contributed by atoms with Crippen LogP contribution in [0.2, 0.25) is 0 Å². The van der Waals surface area contributed by atoms with E-state index in [0.717, 1.165) is 11.3 Å². The topological polar surface area (TPSA) is 110 Å². The largest absolute Gasteiger partial charge is 0.492 e. The molecular formula is C28H26FN5O4. The lowest BCUT2D eigenvalue weighted by Gasteiger charge is -2.23. The van der Waals surface area contributed by atoms with Gasteiger partial charge in [0.1, 0.15) is 11.6 Å². The first kappa shape index (κ1) is 23.9. The quantitative estimate of drug-likeness (QED) is 0.331. The van der Waals surface area contributed by atoms with Gasteiger partial charge in [0.2, 0.25) is 5.88 Å². The van der Waals surface area contributed by atoms with Crippen molar-refractivity contribution in [3.05, 3.63) is 71.8 Å². The number of hydrogen-bond donors (Lipinski definition) is 3. The van der Waals surface area contributed by atoms with Gasteiger partial charge < -0.3 is 29.8 Å². The third-order valence-electron chi connectivity index (χ3n) is 6.81. The molecule has 9 nitrogen and oxygen atoms in total. The average Bonchev–Trinajstić information content (AvgIpc) is 3.29. The summed E-state index contributed by atoms with van der Waals surface area (Å²) in [7, 11) is 3.03. The number of carbonyl (C=O) groups excluding carboxylic acids is 1. The lowest BCUT2D eigenvalue weighted by Crippen LogP contribution is -2.35. The maximum absolute atomic E-state index is 14.6. The number of amides is 1. The van der Waals surface area contributed by atoms with Gasteiger partial charge in [-0.05, 0) is 36.8 Å². The second-order valence-corrected chi connectivity index (χ2v) is 9.17. The van der Waals surface area contributed by atoms with Crippen molar-refractivity contribution in [2.75, 3.05) is 32.7 Å². The Labute approximate surface area is 218 Å². The molecule has 5 heterocycles. The predicted octanol–water partition coefficient (Wildman–Crippen LogP) is 4.70. The molecule has 2 aliphatic rings. The zero-order valence-electron chi connectivity index (χ0n) is 20.9. The minimum atomic E-state index is -0.513. The fraction of sp³-hybridized carbons (Fsp3) is 0.250. The van der Waals surface area contributed by atoms with E-state index in [2.05, 4.69) is 20.6 Å². The van der Waals surface area contributed by atoms with Crippen LogP contribution in [0.4, 0.5) is 15.8 Å². The van der Waals surface area contributed by atoms with Crippen LogP contribution in [0.3, 0.4) is 0 Å². The SMILES string of the molecule is COCC1/C=C\CC2CNC(=O)c3c2[nH]c(c3Nc2cccc(F)c2OC)-c2ccnc3ccc(nc23)O1. The number of benzene rings is 1. The van der Waals surface area contributed by atoms with E-state index < -0.39 is 5.82 Å². The summed E-state index contributed by atoms with van der Waals surface area (Å²) < 4.78 is 31.4. The van der Waals surface area contributed by atoms with Crippen LogP contribution in [0, 0.1) is 5.82 Å². The van der Waals surface area contributed by atoms with Crippen molar-refractivity contribution in [2.24, 2.45) is 0 Å². The Morgan fingerprint density at radius 2 is 2.11 bits per heavy atom. The Morgan fingerprint density at radius 3 is 2.95 bits per heavy atom. The minimum absolute atomic E-state index is 0.0278. The van der Waals surface area contributed by atoms with E-state index in [1.165, 1.54) is 13.2 Å². The zero-order valence-corrected chi connectivity index (χ0v) is 20.9. The molecule has 0 spiro atoms. The number of carbonyl (C=O) groups is 1. The smallest absolute Gasteiger partial charge is 0.255 e. The highest BCUT2D eigenvalue weighted by atomic mass is 19.1. The monoisotopic (exact) mass is 515 g/mol. The zero-order chi connectivity index (χ0) is 26.2. The molecule has 0 aliphatic carbocycles. The van der Waals surface area contributed by atoms with Crippen LogP contribution in [0.15, 0.2) is 54.7 Å². The van der Waals surface area contributed by atoms with Gasteiger partial charge >= 0.3 is 0 Å². The van der Waals surface area contributed by atoms with Crippen molar-refractivity contribution in [1.82, 2.24) is 20.3 Å². The van der Waals surface area contributed by atoms with E-state index in [-0.39, 0.29) is 23.7 Å². The molecule has 4 aromatic rings. The number of aromatic amines is 1. The number of aromatic nitrogens is 3. The maximum Gasteiger partial charge on any atom is 0.255 e. The third kappa shape index (κ3) is 4.12. The molecule has 0 radical (unpaired) electrons. The minimum Gasteiger partial charge on any atom is -0.492 e. The van der Waals surface area contributed by atoms with Gasteiger partial charge in [0.15, 0.2) is 11.6 Å². The number of methoxy groups -OCH3 is 2. The fourth-order valence-electron chi connectivity index (χ4n) is 5.06. The molecule has 194 valence electrons. The van der Waals surface area contributed by atoms with Gasteiger partial charge in [-0.3, -0.25) is 9.78 Å². The molecule has 3 N–H and O–H groups in total. The summed E-state index contributed by atoms with van der Waals surface area (Å²) >= 11 is 0. The molecule has 10 heteroatoms. The van der Waals surface area contributed by atoms with E-state index in [1.54, 1.807) is 31.5 Å². The van der Waals surface area contributed by atoms with Gasteiger partial charge in [0.05, 0.1) is 41.9 Å². The highest BCUT2D eigenvalue weighted by Gasteiger charge is 2.33. The van der Waals surface area contributed by atoms with E-state index in [1.807, 2.05) is 24.3 Å². The first-order valence-corrected chi connectivity index (χ1v) is 12.3. The second-order valence-electron chi connectivity index (χ2n) is 9.17. The maximum atomic E-state index is 14.6. The van der Waals surface area contributed by atoms with Gasteiger partial charge in [-0.1, -0.05) is 12.1 Å². The Bertz CT molecular complexity index is 1570. The van der Waals surface area contributed by atoms with E-state index in [9.17, 15) is 9.18 Å². The Hall–Kier alpha value is -4.44. The number of pyridine rings is 2. The standard InChI is InChI=1S/C28H26FN5O4/c1-36-14-16-6-3-5-15-13-31-28(35)22-23(15)34-25(26(22)32-20-8-4-7-18(29)27(20)37-2)17-11-12-30-19-9-10-21(38-16)33-24(17)19/h3-4,6-12,15-16,32,34H,5,13-14H2,1-2H3,(H,31,35)/b6-3-. The van der Waals surface area contributed by atoms with Crippen molar-refractivity contribution in [3.8, 4) is 22.9 Å². The van der Waals surface area contributed by atoms with E-state index >= 15 is 0 Å². The number of H-pyrrole nitrogens is 1. The summed E-state index contributed by atoms with van der Waals surface area (Å²) in [6, 6.07) is 10.1. The van der Waals surface area contributed by atoms with E-state index in [4.69, 9.17) is 19.2 Å². The normalized spacial score (nSPS) is 19.1. The van der Waals surface area contributed by atoms with E-state index in [0.29, 0.717) is 59.1 Å². The molecule has 2 unspecified atom stereocenters. The number of allylic oxidation sites excluding steroid dienone is 1. The number of rotatable bonds is 5. The summed E-state index contributed by atoms with van der Waals surface area (Å²) in [5, 5.41) is 6.30. The highest BCUT2D eigenvalue weighted by molar-refractivity contribution is 6.08. The molecule has 0 fully saturated rings. The van der Waals surface area contributed by atoms with Crippen LogP contribution < -0.4 is 20.1 Å². The second kappa shape index (κ2) is 9.79. The highest BCUT2D eigenvalue weighted by Crippen LogP contribution is 2.43. The van der Waals surface area contributed by atoms with Crippen molar-refractivity contribution in [1.29, 1.82) is 0 Å². The molecule has 1 aromatic carbocycles. The molecule has 6 rings (SSSR count). The molecular weight excluding hydrogens is 489 g/mol. The average molecular weight is 516 g/mol. The van der Waals surface area contributed by atoms with Gasteiger partial charge in [-0.15, -0.1) is 0 Å². The molecule has 2 aliphatic heterocycles. The van der Waals surface area contributed by atoms with Crippen molar-refractivity contribution in [3.63, 3.8) is 0 Å². The molecule has 0 saturated heterocycles. The molecule has 0 saturated carbocycles. The van der Waals surface area contributed by atoms with Crippen LogP contribution in [0.1, 0.15) is 28.4 Å². The summed E-state index contributed by atoms with van der Waals surface area (Å²) in [5.41, 5.74) is 4.76. The third-order valence-corrected chi connectivity index (χ3v) is 6.81. The van der Waals surface area contributed by atoms with Crippen LogP contribution >= 0.6 is 0 Å². The number of para-hydroxylation sites is 1. The lowest BCUT2D eigenvalue weighted by atomic mass is 9.93. The summed E-state index contributed by atoms with van der Waals surface area (Å²) in [4.78, 5) is 26.1. The Morgan fingerprint density at radius 1 is 1.21 bits per heavy atom. The number of halogens is 1. The van der Waals surface area contributed by atoms with Crippen LogP contribution in [-0.2, 0) is 4.74 Å². The number of ether oxygens (including phenoxy) is 3. The number of fused-ring (bicyclic) bond motifs is 3. The number of anilines is 2.